The van der Waals surface area contributed by atoms with E-state index in [-0.39, 0.29) is 0 Å². The van der Waals surface area contributed by atoms with Crippen LogP contribution >= 0.6 is 0 Å². The minimum absolute atomic E-state index is 0.416. The number of nitrogens with zero attached hydrogens (tertiary/aromatic N) is 1. The second kappa shape index (κ2) is 8.02. The first-order valence-electron chi connectivity index (χ1n) is 6.74. The lowest BCUT2D eigenvalue weighted by Gasteiger charge is -2.22. The molecular weight excluding hydrogens is 240 g/mol. The molecule has 1 aromatic rings. The Labute approximate surface area is 116 Å². The lowest BCUT2D eigenvalue weighted by molar-refractivity contribution is 0.307. The number of rotatable bonds is 8. The van der Waals surface area contributed by atoms with E-state index >= 15 is 0 Å². The van der Waals surface area contributed by atoms with Crippen LogP contribution in [0.15, 0.2) is 18.2 Å². The van der Waals surface area contributed by atoms with Crippen LogP contribution < -0.4 is 14.8 Å². The van der Waals surface area contributed by atoms with Gasteiger partial charge in [0.15, 0.2) is 0 Å². The second-order valence-electron chi connectivity index (χ2n) is 4.78. The van der Waals surface area contributed by atoms with Gasteiger partial charge in [0.1, 0.15) is 11.5 Å². The van der Waals surface area contributed by atoms with Gasteiger partial charge in [-0.05, 0) is 32.6 Å². The smallest absolute Gasteiger partial charge is 0.127 e. The molecule has 0 aromatic heterocycles. The van der Waals surface area contributed by atoms with Gasteiger partial charge < -0.3 is 19.7 Å². The average molecular weight is 266 g/mol. The third-order valence-electron chi connectivity index (χ3n) is 3.28. The van der Waals surface area contributed by atoms with E-state index in [9.17, 15) is 0 Å². The van der Waals surface area contributed by atoms with Crippen molar-refractivity contribution in [3.8, 4) is 11.5 Å². The number of likely N-dealkylation sites (N-methyl/N-ethyl adjacent to an activating group) is 1. The fourth-order valence-electron chi connectivity index (χ4n) is 2.04. The quantitative estimate of drug-likeness (QED) is 0.781. The highest BCUT2D eigenvalue weighted by atomic mass is 16.5. The molecule has 0 aliphatic rings. The summed E-state index contributed by atoms with van der Waals surface area (Å²) < 4.78 is 10.8. The topological polar surface area (TPSA) is 33.7 Å². The number of hydrogen-bond donors (Lipinski definition) is 1. The van der Waals surface area contributed by atoms with Crippen molar-refractivity contribution in [2.24, 2.45) is 0 Å². The normalized spacial score (nSPS) is 12.5. The van der Waals surface area contributed by atoms with Crippen molar-refractivity contribution in [3.05, 3.63) is 23.8 Å². The number of methoxy groups -OCH3 is 2. The van der Waals surface area contributed by atoms with Crippen molar-refractivity contribution in [2.45, 2.75) is 26.4 Å². The van der Waals surface area contributed by atoms with Gasteiger partial charge in [0, 0.05) is 24.7 Å². The van der Waals surface area contributed by atoms with E-state index in [2.05, 4.69) is 31.1 Å². The molecule has 0 spiro atoms. The fourth-order valence-corrected chi connectivity index (χ4v) is 2.04. The molecule has 0 bridgehead atoms. The van der Waals surface area contributed by atoms with Gasteiger partial charge in [0.25, 0.3) is 0 Å². The van der Waals surface area contributed by atoms with Crippen LogP contribution in [0.25, 0.3) is 0 Å². The van der Waals surface area contributed by atoms with Gasteiger partial charge in [0.05, 0.1) is 14.2 Å². The minimum Gasteiger partial charge on any atom is -0.496 e. The predicted octanol–water partition coefficient (Wildman–Crippen LogP) is 2.13. The first-order valence-corrected chi connectivity index (χ1v) is 6.74. The van der Waals surface area contributed by atoms with Crippen molar-refractivity contribution in [3.63, 3.8) is 0 Å². The van der Waals surface area contributed by atoms with E-state index in [1.54, 1.807) is 14.2 Å². The summed E-state index contributed by atoms with van der Waals surface area (Å²) in [4.78, 5) is 2.29. The van der Waals surface area contributed by atoms with E-state index in [1.807, 2.05) is 18.2 Å². The molecule has 1 rings (SSSR count). The molecule has 0 aliphatic heterocycles. The Kier molecular flexibility index (Phi) is 6.67. The highest BCUT2D eigenvalue weighted by Crippen LogP contribution is 2.27. The van der Waals surface area contributed by atoms with Crippen molar-refractivity contribution < 1.29 is 9.47 Å². The maximum atomic E-state index is 5.39. The molecular formula is C15H26N2O2. The Balaban J connectivity index is 2.66. The average Bonchev–Trinajstić information content (AvgIpc) is 2.44. The Bertz CT molecular complexity index is 360. The molecule has 1 atom stereocenters. The van der Waals surface area contributed by atoms with E-state index in [1.165, 1.54) is 0 Å². The largest absolute Gasteiger partial charge is 0.496 e. The fraction of sp³-hybridized carbons (Fsp3) is 0.600. The summed E-state index contributed by atoms with van der Waals surface area (Å²) >= 11 is 0. The molecule has 4 nitrogen and oxygen atoms in total. The molecule has 0 aliphatic carbocycles. The first kappa shape index (κ1) is 15.8. The molecule has 0 saturated carbocycles. The van der Waals surface area contributed by atoms with Crippen LogP contribution in [0.2, 0.25) is 0 Å². The van der Waals surface area contributed by atoms with E-state index in [0.717, 1.165) is 36.7 Å². The SMILES string of the molecule is CCN(C)CC(C)NCc1c(OC)cccc1OC. The van der Waals surface area contributed by atoms with Gasteiger partial charge in [-0.25, -0.2) is 0 Å². The molecule has 0 saturated heterocycles. The molecule has 4 heteroatoms. The Morgan fingerprint density at radius 2 is 1.79 bits per heavy atom. The standard InChI is InChI=1S/C15H26N2O2/c1-6-17(3)11-12(2)16-10-13-14(18-4)8-7-9-15(13)19-5/h7-9,12,16H,6,10-11H2,1-5H3. The van der Waals surface area contributed by atoms with Gasteiger partial charge in [-0.1, -0.05) is 13.0 Å². The molecule has 1 unspecified atom stereocenters. The van der Waals surface area contributed by atoms with Crippen LogP contribution in [0.3, 0.4) is 0 Å². The van der Waals surface area contributed by atoms with E-state index in [4.69, 9.17) is 9.47 Å². The molecule has 0 heterocycles. The zero-order chi connectivity index (χ0) is 14.3. The van der Waals surface area contributed by atoms with Crippen LogP contribution in [0.1, 0.15) is 19.4 Å². The van der Waals surface area contributed by atoms with Crippen molar-refractivity contribution in [1.82, 2.24) is 10.2 Å². The van der Waals surface area contributed by atoms with Crippen LogP contribution in [0.5, 0.6) is 11.5 Å². The van der Waals surface area contributed by atoms with Crippen molar-refractivity contribution >= 4 is 0 Å². The Morgan fingerprint density at radius 1 is 1.21 bits per heavy atom. The summed E-state index contributed by atoms with van der Waals surface area (Å²) in [6.45, 7) is 7.17. The molecule has 0 radical (unpaired) electrons. The van der Waals surface area contributed by atoms with Crippen molar-refractivity contribution in [2.75, 3.05) is 34.4 Å². The minimum atomic E-state index is 0.416. The van der Waals surface area contributed by atoms with Gasteiger partial charge in [-0.3, -0.25) is 0 Å². The summed E-state index contributed by atoms with van der Waals surface area (Å²) in [7, 11) is 5.50. The molecule has 19 heavy (non-hydrogen) atoms. The molecule has 1 aromatic carbocycles. The summed E-state index contributed by atoms with van der Waals surface area (Å²) in [5.41, 5.74) is 1.07. The van der Waals surface area contributed by atoms with Gasteiger partial charge in [-0.15, -0.1) is 0 Å². The number of hydrogen-bond acceptors (Lipinski definition) is 4. The lowest BCUT2D eigenvalue weighted by Crippen LogP contribution is -2.37. The van der Waals surface area contributed by atoms with E-state index in [0.29, 0.717) is 6.04 Å². The number of ether oxygens (including phenoxy) is 2. The molecule has 108 valence electrons. The maximum absolute atomic E-state index is 5.39. The highest BCUT2D eigenvalue weighted by molar-refractivity contribution is 5.44. The maximum Gasteiger partial charge on any atom is 0.127 e. The van der Waals surface area contributed by atoms with Crippen LogP contribution in [0.4, 0.5) is 0 Å². The number of benzene rings is 1. The number of nitrogens with one attached hydrogen (secondary N) is 1. The zero-order valence-electron chi connectivity index (χ0n) is 12.7. The summed E-state index contributed by atoms with van der Waals surface area (Å²) in [6, 6.07) is 6.28. The van der Waals surface area contributed by atoms with Crippen LogP contribution in [0, 0.1) is 0 Å². The van der Waals surface area contributed by atoms with E-state index < -0.39 is 0 Å². The van der Waals surface area contributed by atoms with Gasteiger partial charge >= 0.3 is 0 Å². The molecule has 0 amide bonds. The molecule has 0 fully saturated rings. The van der Waals surface area contributed by atoms with Crippen molar-refractivity contribution in [1.29, 1.82) is 0 Å². The Morgan fingerprint density at radius 3 is 2.26 bits per heavy atom. The van der Waals surface area contributed by atoms with Gasteiger partial charge in [0.2, 0.25) is 0 Å². The lowest BCUT2D eigenvalue weighted by atomic mass is 10.1. The summed E-state index contributed by atoms with van der Waals surface area (Å²) in [6.07, 6.45) is 0. The monoisotopic (exact) mass is 266 g/mol. The third kappa shape index (κ3) is 4.73. The molecule has 1 N–H and O–H groups in total. The summed E-state index contributed by atoms with van der Waals surface area (Å²) in [5, 5.41) is 3.51. The second-order valence-corrected chi connectivity index (χ2v) is 4.78. The van der Waals surface area contributed by atoms with Gasteiger partial charge in [-0.2, -0.15) is 0 Å². The van der Waals surface area contributed by atoms with Crippen LogP contribution in [-0.4, -0.2) is 45.3 Å². The third-order valence-corrected chi connectivity index (χ3v) is 3.28. The Hall–Kier alpha value is -1.26. The first-order chi connectivity index (χ1) is 9.12. The van der Waals surface area contributed by atoms with Crippen LogP contribution in [-0.2, 0) is 6.54 Å². The predicted molar refractivity (Wildman–Crippen MR) is 79.0 cm³/mol. The highest BCUT2D eigenvalue weighted by Gasteiger charge is 2.11. The summed E-state index contributed by atoms with van der Waals surface area (Å²) in [5.74, 6) is 1.73. The zero-order valence-corrected chi connectivity index (χ0v) is 12.7.